The van der Waals surface area contributed by atoms with E-state index in [1.165, 1.54) is 0 Å². The van der Waals surface area contributed by atoms with Crippen LogP contribution in [-0.2, 0) is 0 Å². The average Bonchev–Trinajstić information content (AvgIpc) is 2.88. The van der Waals surface area contributed by atoms with Gasteiger partial charge in [0.25, 0.3) is 0 Å². The smallest absolute Gasteiger partial charge is 0.232 e. The van der Waals surface area contributed by atoms with Crippen molar-refractivity contribution in [1.29, 1.82) is 0 Å². The Morgan fingerprint density at radius 3 is 3.00 bits per heavy atom. The second-order valence-electron chi connectivity index (χ2n) is 4.09. The minimum atomic E-state index is 0.180. The van der Waals surface area contributed by atoms with Crippen LogP contribution in [-0.4, -0.2) is 21.2 Å². The molecule has 3 rings (SSSR count). The van der Waals surface area contributed by atoms with Crippen LogP contribution in [0.15, 0.2) is 42.6 Å². The van der Waals surface area contributed by atoms with Gasteiger partial charge in [0.1, 0.15) is 0 Å². The Kier molecular flexibility index (Phi) is 3.28. The van der Waals surface area contributed by atoms with Crippen LogP contribution in [0.3, 0.4) is 0 Å². The zero-order valence-corrected chi connectivity index (χ0v) is 11.2. The van der Waals surface area contributed by atoms with Crippen LogP contribution < -0.4 is 4.74 Å². The van der Waals surface area contributed by atoms with Crippen molar-refractivity contribution in [2.24, 2.45) is 0 Å². The number of terminal acetylenes is 1. The van der Waals surface area contributed by atoms with Crippen molar-refractivity contribution in [3.05, 3.63) is 47.6 Å². The fourth-order valence-corrected chi connectivity index (χ4v) is 2.08. The number of ether oxygens (including phenoxy) is 1. The summed E-state index contributed by atoms with van der Waals surface area (Å²) < 4.78 is 7.03. The lowest BCUT2D eigenvalue weighted by atomic mass is 10.2. The van der Waals surface area contributed by atoms with E-state index >= 15 is 0 Å². The van der Waals surface area contributed by atoms with Crippen LogP contribution >= 0.6 is 11.6 Å². The van der Waals surface area contributed by atoms with Gasteiger partial charge in [0, 0.05) is 16.7 Å². The summed E-state index contributed by atoms with van der Waals surface area (Å²) in [6.07, 6.45) is 6.92. The molecule has 0 bridgehead atoms. The van der Waals surface area contributed by atoms with Crippen LogP contribution in [0.25, 0.3) is 16.9 Å². The van der Waals surface area contributed by atoms with Gasteiger partial charge >= 0.3 is 0 Å². The van der Waals surface area contributed by atoms with E-state index in [2.05, 4.69) is 16.0 Å². The van der Waals surface area contributed by atoms with E-state index in [1.807, 2.05) is 30.3 Å². The highest BCUT2D eigenvalue weighted by Crippen LogP contribution is 2.23. The monoisotopic (exact) mass is 283 g/mol. The molecule has 0 aliphatic rings. The fourth-order valence-electron chi connectivity index (χ4n) is 1.89. The molecule has 2 heterocycles. The van der Waals surface area contributed by atoms with Gasteiger partial charge in [-0.05, 0) is 18.2 Å². The summed E-state index contributed by atoms with van der Waals surface area (Å²) in [6, 6.07) is 11.1. The van der Waals surface area contributed by atoms with Gasteiger partial charge in [0.2, 0.25) is 5.88 Å². The minimum absolute atomic E-state index is 0.180. The first kappa shape index (κ1) is 12.5. The van der Waals surface area contributed by atoms with Crippen molar-refractivity contribution in [3.8, 4) is 29.5 Å². The molecular formula is C15H10ClN3O. The summed E-state index contributed by atoms with van der Waals surface area (Å²) in [7, 11) is 0. The number of imidazole rings is 1. The SMILES string of the molecule is C#CCOc1ccc2ncc(-c3cccc(Cl)c3)n2n1. The molecule has 20 heavy (non-hydrogen) atoms. The lowest BCUT2D eigenvalue weighted by molar-refractivity contribution is 0.349. The van der Waals surface area contributed by atoms with Gasteiger partial charge in [-0.1, -0.05) is 29.7 Å². The summed E-state index contributed by atoms with van der Waals surface area (Å²) in [5.41, 5.74) is 2.51. The molecule has 0 saturated carbocycles. The van der Waals surface area contributed by atoms with Crippen LogP contribution in [0, 0.1) is 12.3 Å². The Hall–Kier alpha value is -2.51. The summed E-state index contributed by atoms with van der Waals surface area (Å²) >= 11 is 6.02. The van der Waals surface area contributed by atoms with Crippen molar-refractivity contribution >= 4 is 17.2 Å². The number of hydrogen-bond acceptors (Lipinski definition) is 3. The lowest BCUT2D eigenvalue weighted by Gasteiger charge is -2.04. The first-order valence-electron chi connectivity index (χ1n) is 5.95. The molecule has 0 amide bonds. The summed E-state index contributed by atoms with van der Waals surface area (Å²) in [6.45, 7) is 0.180. The van der Waals surface area contributed by atoms with Crippen molar-refractivity contribution < 1.29 is 4.74 Å². The molecule has 0 N–H and O–H groups in total. The number of fused-ring (bicyclic) bond motifs is 1. The topological polar surface area (TPSA) is 39.4 Å². The summed E-state index contributed by atoms with van der Waals surface area (Å²) in [4.78, 5) is 4.31. The normalized spacial score (nSPS) is 10.4. The van der Waals surface area contributed by atoms with Crippen LogP contribution in [0.1, 0.15) is 0 Å². The quantitative estimate of drug-likeness (QED) is 0.694. The highest BCUT2D eigenvalue weighted by Gasteiger charge is 2.08. The van der Waals surface area contributed by atoms with Gasteiger partial charge in [0.15, 0.2) is 12.3 Å². The molecule has 0 saturated heterocycles. The van der Waals surface area contributed by atoms with Crippen molar-refractivity contribution in [2.75, 3.05) is 6.61 Å². The molecule has 98 valence electrons. The zero-order valence-electron chi connectivity index (χ0n) is 10.5. The van der Waals surface area contributed by atoms with Crippen LogP contribution in [0.2, 0.25) is 5.02 Å². The van der Waals surface area contributed by atoms with E-state index in [-0.39, 0.29) is 6.61 Å². The molecule has 5 heteroatoms. The van der Waals surface area contributed by atoms with E-state index < -0.39 is 0 Å². The Morgan fingerprint density at radius 1 is 1.30 bits per heavy atom. The minimum Gasteiger partial charge on any atom is -0.463 e. The molecule has 2 aromatic heterocycles. The van der Waals surface area contributed by atoms with Gasteiger partial charge in [-0.3, -0.25) is 0 Å². The molecule has 0 spiro atoms. The van der Waals surface area contributed by atoms with Gasteiger partial charge in [0.05, 0.1) is 11.9 Å². The van der Waals surface area contributed by atoms with E-state index in [0.29, 0.717) is 10.9 Å². The molecular weight excluding hydrogens is 274 g/mol. The molecule has 0 unspecified atom stereocenters. The van der Waals surface area contributed by atoms with Crippen LogP contribution in [0.5, 0.6) is 5.88 Å². The standard InChI is InChI=1S/C15H10ClN3O/c1-2-8-20-15-7-6-14-17-10-13(19(14)18-15)11-4-3-5-12(16)9-11/h1,3-7,9-10H,8H2. The molecule has 3 aromatic rings. The molecule has 0 aliphatic carbocycles. The zero-order chi connectivity index (χ0) is 13.9. The van der Waals surface area contributed by atoms with Gasteiger partial charge in [-0.2, -0.15) is 0 Å². The van der Waals surface area contributed by atoms with Gasteiger partial charge in [-0.15, -0.1) is 11.5 Å². The predicted molar refractivity (Wildman–Crippen MR) is 77.8 cm³/mol. The Labute approximate surface area is 121 Å². The van der Waals surface area contributed by atoms with Crippen LogP contribution in [0.4, 0.5) is 0 Å². The molecule has 4 nitrogen and oxygen atoms in total. The second kappa shape index (κ2) is 5.24. The van der Waals surface area contributed by atoms with Crippen molar-refractivity contribution in [2.45, 2.75) is 0 Å². The summed E-state index contributed by atoms with van der Waals surface area (Å²) in [5, 5.41) is 5.04. The largest absolute Gasteiger partial charge is 0.463 e. The third kappa shape index (κ3) is 2.31. The highest BCUT2D eigenvalue weighted by atomic mass is 35.5. The molecule has 0 atom stereocenters. The lowest BCUT2D eigenvalue weighted by Crippen LogP contribution is -2.01. The van der Waals surface area contributed by atoms with E-state index in [4.69, 9.17) is 22.8 Å². The fraction of sp³-hybridized carbons (Fsp3) is 0.0667. The Morgan fingerprint density at radius 2 is 2.20 bits per heavy atom. The van der Waals surface area contributed by atoms with Crippen molar-refractivity contribution in [1.82, 2.24) is 14.6 Å². The highest BCUT2D eigenvalue weighted by molar-refractivity contribution is 6.30. The maximum atomic E-state index is 6.02. The Bertz CT molecular complexity index is 804. The summed E-state index contributed by atoms with van der Waals surface area (Å²) in [5.74, 6) is 2.86. The third-order valence-corrected chi connectivity index (χ3v) is 3.00. The maximum absolute atomic E-state index is 6.02. The number of hydrogen-bond donors (Lipinski definition) is 0. The van der Waals surface area contributed by atoms with E-state index in [9.17, 15) is 0 Å². The van der Waals surface area contributed by atoms with Gasteiger partial charge in [-0.25, -0.2) is 9.50 Å². The first-order chi connectivity index (χ1) is 9.78. The number of aromatic nitrogens is 3. The second-order valence-corrected chi connectivity index (χ2v) is 4.52. The predicted octanol–water partition coefficient (Wildman–Crippen LogP) is 3.06. The first-order valence-corrected chi connectivity index (χ1v) is 6.33. The molecule has 0 aliphatic heterocycles. The third-order valence-electron chi connectivity index (χ3n) is 2.76. The molecule has 0 radical (unpaired) electrons. The van der Waals surface area contributed by atoms with Gasteiger partial charge < -0.3 is 4.74 Å². The maximum Gasteiger partial charge on any atom is 0.232 e. The number of nitrogens with zero attached hydrogens (tertiary/aromatic N) is 3. The number of benzene rings is 1. The average molecular weight is 284 g/mol. The number of halogens is 1. The van der Waals surface area contributed by atoms with E-state index in [1.54, 1.807) is 16.8 Å². The molecule has 1 aromatic carbocycles. The van der Waals surface area contributed by atoms with Crippen molar-refractivity contribution in [3.63, 3.8) is 0 Å². The Balaban J connectivity index is 2.09. The number of rotatable bonds is 3. The van der Waals surface area contributed by atoms with E-state index in [0.717, 1.165) is 16.9 Å². The molecule has 0 fully saturated rings.